The van der Waals surface area contributed by atoms with E-state index in [1.165, 1.54) is 31.4 Å². The van der Waals surface area contributed by atoms with Gasteiger partial charge in [0.2, 0.25) is 12.0 Å². The maximum absolute atomic E-state index is 15.7. The molecule has 0 amide bonds. The number of halogens is 1. The summed E-state index contributed by atoms with van der Waals surface area (Å²) in [6.07, 6.45) is -4.35. The third kappa shape index (κ3) is 4.18. The Kier molecular flexibility index (Phi) is 6.17. The van der Waals surface area contributed by atoms with Gasteiger partial charge in [-0.3, -0.25) is 4.79 Å². The molecule has 0 radical (unpaired) electrons. The fourth-order valence-electron chi connectivity index (χ4n) is 3.27. The van der Waals surface area contributed by atoms with Gasteiger partial charge in [0.05, 0.1) is 18.2 Å². The van der Waals surface area contributed by atoms with E-state index in [0.29, 0.717) is 0 Å². The Morgan fingerprint density at radius 2 is 1.60 bits per heavy atom. The van der Waals surface area contributed by atoms with Gasteiger partial charge in [-0.25, -0.2) is 14.0 Å². The molecule has 30 heavy (non-hydrogen) atoms. The van der Waals surface area contributed by atoms with Crippen molar-refractivity contribution in [2.45, 2.75) is 38.0 Å². The molecule has 0 spiro atoms. The van der Waals surface area contributed by atoms with Crippen molar-refractivity contribution in [3.8, 4) is 0 Å². The molecule has 1 aliphatic heterocycles. The molecule has 2 aromatic carbocycles. The number of alkyl halides is 1. The maximum Gasteiger partial charge on any atom is 0.338 e. The van der Waals surface area contributed by atoms with E-state index in [4.69, 9.17) is 18.9 Å². The summed E-state index contributed by atoms with van der Waals surface area (Å²) in [5.41, 5.74) is -1.81. The summed E-state index contributed by atoms with van der Waals surface area (Å²) in [6, 6.07) is 14.3. The van der Waals surface area contributed by atoms with Crippen LogP contribution in [0.5, 0.6) is 0 Å². The van der Waals surface area contributed by atoms with E-state index in [9.17, 15) is 14.4 Å². The van der Waals surface area contributed by atoms with Crippen LogP contribution in [0.3, 0.4) is 0 Å². The van der Waals surface area contributed by atoms with Crippen LogP contribution in [-0.2, 0) is 23.7 Å². The number of hydrogen-bond donors (Lipinski definition) is 0. The number of methoxy groups -OCH3 is 1. The highest BCUT2D eigenvalue weighted by atomic mass is 19.1. The van der Waals surface area contributed by atoms with Gasteiger partial charge in [0.15, 0.2) is 6.10 Å². The summed E-state index contributed by atoms with van der Waals surface area (Å²) >= 11 is 0. The Morgan fingerprint density at radius 1 is 0.967 bits per heavy atom. The summed E-state index contributed by atoms with van der Waals surface area (Å²) in [7, 11) is 1.21. The lowest BCUT2D eigenvalue weighted by Crippen LogP contribution is -2.44. The third-order valence-electron chi connectivity index (χ3n) is 4.75. The number of benzene rings is 2. The number of esters is 3. The first-order valence-electron chi connectivity index (χ1n) is 9.20. The van der Waals surface area contributed by atoms with E-state index < -0.39 is 42.1 Å². The molecule has 1 fully saturated rings. The Bertz CT molecular complexity index is 942. The Morgan fingerprint density at radius 3 is 2.23 bits per heavy atom. The molecule has 3 rings (SSSR count). The Labute approximate surface area is 172 Å². The molecule has 158 valence electrons. The van der Waals surface area contributed by atoms with Crippen LogP contribution >= 0.6 is 0 Å². The number of rotatable bonds is 5. The SMILES string of the molecule is COC(=O)c1ccccc1[C@H]1O[C@H](OC(C)=O)[C@](C)(F)[C@@H]1OC(=O)c1ccccc1. The fraction of sp³-hybridized carbons (Fsp3) is 0.318. The minimum atomic E-state index is -2.38. The minimum Gasteiger partial charge on any atom is -0.465 e. The molecule has 2 aromatic rings. The number of carbonyl (C=O) groups excluding carboxylic acids is 3. The standard InChI is InChI=1S/C22H21FO7/c1-13(24)28-21-22(2,23)18(30-19(25)14-9-5-4-6-10-14)17(29-21)15-11-7-8-12-16(15)20(26)27-3/h4-12,17-18,21H,1-3H3/t17-,18-,21+,22-/m1/s1. The molecule has 1 heterocycles. The van der Waals surface area contributed by atoms with Crippen molar-refractivity contribution in [3.63, 3.8) is 0 Å². The van der Waals surface area contributed by atoms with Crippen LogP contribution < -0.4 is 0 Å². The van der Waals surface area contributed by atoms with Crippen LogP contribution in [0.4, 0.5) is 4.39 Å². The predicted molar refractivity (Wildman–Crippen MR) is 102 cm³/mol. The topological polar surface area (TPSA) is 88.1 Å². The molecule has 0 aliphatic carbocycles. The average molecular weight is 416 g/mol. The quantitative estimate of drug-likeness (QED) is 0.545. The van der Waals surface area contributed by atoms with Gasteiger partial charge in [0.25, 0.3) is 0 Å². The number of hydrogen-bond acceptors (Lipinski definition) is 7. The molecular weight excluding hydrogens is 395 g/mol. The molecule has 0 saturated carbocycles. The molecule has 7 nitrogen and oxygen atoms in total. The highest BCUT2D eigenvalue weighted by Crippen LogP contribution is 2.46. The van der Waals surface area contributed by atoms with E-state index >= 15 is 4.39 Å². The van der Waals surface area contributed by atoms with E-state index in [-0.39, 0.29) is 16.7 Å². The van der Waals surface area contributed by atoms with Crippen molar-refractivity contribution in [1.29, 1.82) is 0 Å². The summed E-state index contributed by atoms with van der Waals surface area (Å²) in [4.78, 5) is 36.3. The van der Waals surface area contributed by atoms with Crippen molar-refractivity contribution in [2.24, 2.45) is 0 Å². The van der Waals surface area contributed by atoms with Gasteiger partial charge in [-0.1, -0.05) is 36.4 Å². The van der Waals surface area contributed by atoms with Crippen LogP contribution in [-0.4, -0.2) is 43.1 Å². The summed E-state index contributed by atoms with van der Waals surface area (Å²) in [5, 5.41) is 0. The lowest BCUT2D eigenvalue weighted by molar-refractivity contribution is -0.192. The Hall–Kier alpha value is -3.26. The van der Waals surface area contributed by atoms with E-state index in [0.717, 1.165) is 13.8 Å². The predicted octanol–water partition coefficient (Wildman–Crippen LogP) is 3.39. The highest BCUT2D eigenvalue weighted by molar-refractivity contribution is 5.91. The first-order chi connectivity index (χ1) is 14.3. The van der Waals surface area contributed by atoms with Crippen molar-refractivity contribution in [2.75, 3.05) is 7.11 Å². The third-order valence-corrected chi connectivity index (χ3v) is 4.75. The van der Waals surface area contributed by atoms with Crippen LogP contribution in [0.2, 0.25) is 0 Å². The van der Waals surface area contributed by atoms with E-state index in [1.54, 1.807) is 30.3 Å². The van der Waals surface area contributed by atoms with E-state index in [1.807, 2.05) is 0 Å². The zero-order valence-corrected chi connectivity index (χ0v) is 16.7. The largest absolute Gasteiger partial charge is 0.465 e. The first kappa shape index (κ1) is 21.4. The van der Waals surface area contributed by atoms with Crippen LogP contribution in [0.15, 0.2) is 54.6 Å². The second kappa shape index (κ2) is 8.62. The smallest absolute Gasteiger partial charge is 0.338 e. The Balaban J connectivity index is 2.02. The molecule has 0 N–H and O–H groups in total. The normalized spacial score (nSPS) is 25.4. The van der Waals surface area contributed by atoms with Gasteiger partial charge in [0, 0.05) is 6.92 Å². The van der Waals surface area contributed by atoms with Crippen molar-refractivity contribution >= 4 is 17.9 Å². The summed E-state index contributed by atoms with van der Waals surface area (Å²) in [5.74, 6) is -2.21. The molecular formula is C22H21FO7. The van der Waals surface area contributed by atoms with Gasteiger partial charge in [-0.05, 0) is 30.7 Å². The first-order valence-corrected chi connectivity index (χ1v) is 9.20. The van der Waals surface area contributed by atoms with Gasteiger partial charge < -0.3 is 18.9 Å². The van der Waals surface area contributed by atoms with Crippen molar-refractivity contribution in [3.05, 3.63) is 71.3 Å². The van der Waals surface area contributed by atoms with E-state index in [2.05, 4.69) is 0 Å². The van der Waals surface area contributed by atoms with Gasteiger partial charge in [-0.2, -0.15) is 0 Å². The molecule has 8 heteroatoms. The van der Waals surface area contributed by atoms with Crippen molar-refractivity contribution in [1.82, 2.24) is 0 Å². The zero-order valence-electron chi connectivity index (χ0n) is 16.7. The van der Waals surface area contributed by atoms with Crippen LogP contribution in [0, 0.1) is 0 Å². The molecule has 0 aromatic heterocycles. The molecule has 1 saturated heterocycles. The molecule has 1 aliphatic rings. The average Bonchev–Trinajstić information content (AvgIpc) is 2.97. The van der Waals surface area contributed by atoms with Gasteiger partial charge >= 0.3 is 17.9 Å². The molecule has 0 unspecified atom stereocenters. The second-order valence-electron chi connectivity index (χ2n) is 6.92. The van der Waals surface area contributed by atoms with Gasteiger partial charge in [0.1, 0.15) is 6.10 Å². The second-order valence-corrected chi connectivity index (χ2v) is 6.92. The minimum absolute atomic E-state index is 0.116. The number of carbonyl (C=O) groups is 3. The maximum atomic E-state index is 15.7. The van der Waals surface area contributed by atoms with Crippen LogP contribution in [0.1, 0.15) is 46.2 Å². The zero-order chi connectivity index (χ0) is 21.9. The van der Waals surface area contributed by atoms with Crippen molar-refractivity contribution < 1.29 is 37.7 Å². The molecule has 4 atom stereocenters. The highest BCUT2D eigenvalue weighted by Gasteiger charge is 2.60. The molecule has 0 bridgehead atoms. The lowest BCUT2D eigenvalue weighted by atomic mass is 9.92. The summed E-state index contributed by atoms with van der Waals surface area (Å²) < 4.78 is 36.6. The van der Waals surface area contributed by atoms with Crippen LogP contribution in [0.25, 0.3) is 0 Å². The van der Waals surface area contributed by atoms with Gasteiger partial charge in [-0.15, -0.1) is 0 Å². The lowest BCUT2D eigenvalue weighted by Gasteiger charge is -2.27. The summed E-state index contributed by atoms with van der Waals surface area (Å²) in [6.45, 7) is 2.23. The fourth-order valence-corrected chi connectivity index (χ4v) is 3.27. The number of ether oxygens (including phenoxy) is 4. The monoisotopic (exact) mass is 416 g/mol.